The Morgan fingerprint density at radius 2 is 2.24 bits per heavy atom. The summed E-state index contributed by atoms with van der Waals surface area (Å²) in [5.74, 6) is 0.594. The number of hydrogen-bond donors (Lipinski definition) is 2. The third-order valence-electron chi connectivity index (χ3n) is 2.08. The van der Waals surface area contributed by atoms with Gasteiger partial charge in [0.15, 0.2) is 0 Å². The van der Waals surface area contributed by atoms with E-state index in [0.29, 0.717) is 24.4 Å². The lowest BCUT2D eigenvalue weighted by Gasteiger charge is -2.08. The van der Waals surface area contributed by atoms with E-state index >= 15 is 0 Å². The van der Waals surface area contributed by atoms with Crippen molar-refractivity contribution >= 4 is 18.1 Å². The largest absolute Gasteiger partial charge is 0.496 e. The average molecular weight is 263 g/mol. The molecule has 0 bridgehead atoms. The van der Waals surface area contributed by atoms with Gasteiger partial charge in [0.25, 0.3) is 5.69 Å². The number of ether oxygens (including phenoxy) is 1. The molecule has 17 heavy (non-hydrogen) atoms. The van der Waals surface area contributed by atoms with Crippen LogP contribution in [0.1, 0.15) is 5.56 Å². The number of hydrogen-bond acceptors (Lipinski definition) is 5. The van der Waals surface area contributed by atoms with Crippen LogP contribution in [0.3, 0.4) is 0 Å². The predicted molar refractivity (Wildman–Crippen MR) is 65.7 cm³/mol. The summed E-state index contributed by atoms with van der Waals surface area (Å²) in [6.45, 7) is 0.883. The Labute approximate surface area is 105 Å². The molecular formula is C10H15ClN2O4. The van der Waals surface area contributed by atoms with Crippen molar-refractivity contribution in [2.45, 2.75) is 6.54 Å². The van der Waals surface area contributed by atoms with Gasteiger partial charge in [0, 0.05) is 30.8 Å². The van der Waals surface area contributed by atoms with E-state index in [9.17, 15) is 10.1 Å². The van der Waals surface area contributed by atoms with E-state index < -0.39 is 4.92 Å². The van der Waals surface area contributed by atoms with E-state index in [0.717, 1.165) is 0 Å². The number of aliphatic hydroxyl groups is 1. The molecule has 2 N–H and O–H groups in total. The van der Waals surface area contributed by atoms with Crippen molar-refractivity contribution in [2.24, 2.45) is 0 Å². The van der Waals surface area contributed by atoms with Crippen LogP contribution in [-0.4, -0.2) is 30.3 Å². The summed E-state index contributed by atoms with van der Waals surface area (Å²) >= 11 is 0. The Balaban J connectivity index is 0.00000256. The van der Waals surface area contributed by atoms with Crippen LogP contribution < -0.4 is 10.1 Å². The minimum absolute atomic E-state index is 0. The molecular weight excluding hydrogens is 248 g/mol. The minimum atomic E-state index is -0.449. The molecule has 6 nitrogen and oxygen atoms in total. The molecule has 7 heteroatoms. The number of halogens is 1. The summed E-state index contributed by atoms with van der Waals surface area (Å²) in [7, 11) is 1.51. The van der Waals surface area contributed by atoms with E-state index in [1.165, 1.54) is 19.2 Å². The second-order valence-corrected chi connectivity index (χ2v) is 3.15. The smallest absolute Gasteiger partial charge is 0.270 e. The zero-order chi connectivity index (χ0) is 12.0. The highest BCUT2D eigenvalue weighted by atomic mass is 35.5. The zero-order valence-electron chi connectivity index (χ0n) is 9.38. The molecule has 1 aromatic rings. The first kappa shape index (κ1) is 15.6. The zero-order valence-corrected chi connectivity index (χ0v) is 10.2. The fourth-order valence-corrected chi connectivity index (χ4v) is 1.32. The standard InChI is InChI=1S/C10H14N2O4.ClH/c1-16-10-3-2-9(12(14)15)6-8(10)7-11-4-5-13;/h2-3,6,11,13H,4-5,7H2,1H3;1H. The first-order chi connectivity index (χ1) is 7.69. The van der Waals surface area contributed by atoms with Crippen molar-refractivity contribution in [3.63, 3.8) is 0 Å². The van der Waals surface area contributed by atoms with E-state index in [1.54, 1.807) is 6.07 Å². The van der Waals surface area contributed by atoms with Crippen LogP contribution in [0.4, 0.5) is 5.69 Å². The van der Waals surface area contributed by atoms with Crippen LogP contribution in [0.5, 0.6) is 5.75 Å². The molecule has 0 heterocycles. The van der Waals surface area contributed by atoms with Crippen LogP contribution in [0.2, 0.25) is 0 Å². The molecule has 0 fully saturated rings. The van der Waals surface area contributed by atoms with Gasteiger partial charge in [0.05, 0.1) is 18.6 Å². The summed E-state index contributed by atoms with van der Waals surface area (Å²) < 4.78 is 5.09. The SMILES string of the molecule is COc1ccc([N+](=O)[O-])cc1CNCCO.Cl. The van der Waals surface area contributed by atoms with Crippen LogP contribution in [0.15, 0.2) is 18.2 Å². The maximum absolute atomic E-state index is 10.6. The normalized spacial score (nSPS) is 9.53. The molecule has 1 rings (SSSR count). The van der Waals surface area contributed by atoms with Gasteiger partial charge < -0.3 is 15.2 Å². The Morgan fingerprint density at radius 3 is 2.76 bits per heavy atom. The van der Waals surface area contributed by atoms with Crippen molar-refractivity contribution in [1.82, 2.24) is 5.32 Å². The van der Waals surface area contributed by atoms with Crippen molar-refractivity contribution in [3.8, 4) is 5.75 Å². The first-order valence-corrected chi connectivity index (χ1v) is 4.82. The van der Waals surface area contributed by atoms with Crippen molar-refractivity contribution in [3.05, 3.63) is 33.9 Å². The average Bonchev–Trinajstić information content (AvgIpc) is 2.29. The van der Waals surface area contributed by atoms with E-state index in [2.05, 4.69) is 5.32 Å². The lowest BCUT2D eigenvalue weighted by Crippen LogP contribution is -2.18. The summed E-state index contributed by atoms with van der Waals surface area (Å²) in [6.07, 6.45) is 0. The highest BCUT2D eigenvalue weighted by Crippen LogP contribution is 2.23. The van der Waals surface area contributed by atoms with Gasteiger partial charge in [-0.1, -0.05) is 0 Å². The Hall–Kier alpha value is -1.37. The van der Waals surface area contributed by atoms with Gasteiger partial charge in [-0.2, -0.15) is 0 Å². The van der Waals surface area contributed by atoms with Gasteiger partial charge >= 0.3 is 0 Å². The van der Waals surface area contributed by atoms with Crippen molar-refractivity contribution in [2.75, 3.05) is 20.3 Å². The summed E-state index contributed by atoms with van der Waals surface area (Å²) in [4.78, 5) is 10.1. The van der Waals surface area contributed by atoms with Gasteiger partial charge in [-0.15, -0.1) is 12.4 Å². The number of non-ortho nitro benzene ring substituents is 1. The molecule has 0 atom stereocenters. The molecule has 0 saturated carbocycles. The van der Waals surface area contributed by atoms with Gasteiger partial charge in [0.1, 0.15) is 5.75 Å². The lowest BCUT2D eigenvalue weighted by atomic mass is 10.1. The second-order valence-electron chi connectivity index (χ2n) is 3.15. The lowest BCUT2D eigenvalue weighted by molar-refractivity contribution is -0.384. The summed E-state index contributed by atoms with van der Waals surface area (Å²) in [6, 6.07) is 4.42. The molecule has 0 spiro atoms. The van der Waals surface area contributed by atoms with Gasteiger partial charge in [-0.05, 0) is 6.07 Å². The second kappa shape index (κ2) is 7.83. The maximum Gasteiger partial charge on any atom is 0.270 e. The van der Waals surface area contributed by atoms with Crippen LogP contribution in [0.25, 0.3) is 0 Å². The number of methoxy groups -OCH3 is 1. The molecule has 0 aliphatic heterocycles. The number of nitrogens with one attached hydrogen (secondary N) is 1. The van der Waals surface area contributed by atoms with E-state index in [1.807, 2.05) is 0 Å². The third kappa shape index (κ3) is 4.56. The molecule has 0 aliphatic carbocycles. The molecule has 0 unspecified atom stereocenters. The summed E-state index contributed by atoms with van der Waals surface area (Å²) in [5, 5.41) is 22.1. The highest BCUT2D eigenvalue weighted by molar-refractivity contribution is 5.85. The number of nitro benzene ring substituents is 1. The Kier molecular flexibility index (Phi) is 7.20. The number of nitro groups is 1. The number of aliphatic hydroxyl groups excluding tert-OH is 1. The monoisotopic (exact) mass is 262 g/mol. The highest BCUT2D eigenvalue weighted by Gasteiger charge is 2.10. The summed E-state index contributed by atoms with van der Waals surface area (Å²) in [5.41, 5.74) is 0.728. The van der Waals surface area contributed by atoms with Crippen LogP contribution in [-0.2, 0) is 6.54 Å². The first-order valence-electron chi connectivity index (χ1n) is 4.82. The molecule has 1 aromatic carbocycles. The Morgan fingerprint density at radius 1 is 1.53 bits per heavy atom. The molecule has 96 valence electrons. The predicted octanol–water partition coefficient (Wildman–Crippen LogP) is 1.11. The van der Waals surface area contributed by atoms with E-state index in [4.69, 9.17) is 9.84 Å². The van der Waals surface area contributed by atoms with Crippen molar-refractivity contribution in [1.29, 1.82) is 0 Å². The quantitative estimate of drug-likeness (QED) is 0.456. The van der Waals surface area contributed by atoms with Crippen LogP contribution in [0, 0.1) is 10.1 Å². The molecule has 0 amide bonds. The number of benzene rings is 1. The van der Waals surface area contributed by atoms with Gasteiger partial charge in [-0.25, -0.2) is 0 Å². The molecule has 0 aliphatic rings. The molecule has 0 radical (unpaired) electrons. The number of rotatable bonds is 6. The van der Waals surface area contributed by atoms with Crippen LogP contribution >= 0.6 is 12.4 Å². The maximum atomic E-state index is 10.6. The minimum Gasteiger partial charge on any atom is -0.496 e. The fourth-order valence-electron chi connectivity index (χ4n) is 1.32. The topological polar surface area (TPSA) is 84.6 Å². The van der Waals surface area contributed by atoms with Gasteiger partial charge in [0.2, 0.25) is 0 Å². The third-order valence-corrected chi connectivity index (χ3v) is 2.08. The van der Waals surface area contributed by atoms with E-state index in [-0.39, 0.29) is 24.7 Å². The van der Waals surface area contributed by atoms with Crippen molar-refractivity contribution < 1.29 is 14.8 Å². The Bertz CT molecular complexity index is 373. The number of nitrogens with zero attached hydrogens (tertiary/aromatic N) is 1. The molecule has 0 saturated heterocycles. The fraction of sp³-hybridized carbons (Fsp3) is 0.400. The van der Waals surface area contributed by atoms with Gasteiger partial charge in [-0.3, -0.25) is 10.1 Å². The molecule has 0 aromatic heterocycles.